The minimum atomic E-state index is 0.0387. The molecule has 1 aromatic carbocycles. The summed E-state index contributed by atoms with van der Waals surface area (Å²) in [4.78, 5) is 12.8. The van der Waals surface area contributed by atoms with Gasteiger partial charge < -0.3 is 14.4 Å². The van der Waals surface area contributed by atoms with Gasteiger partial charge in [-0.1, -0.05) is 11.6 Å². The Balaban J connectivity index is 2.20. The molecule has 1 aliphatic rings. The maximum absolute atomic E-state index is 10.7. The first-order chi connectivity index (χ1) is 8.69. The van der Waals surface area contributed by atoms with Gasteiger partial charge in [-0.25, -0.2) is 0 Å². The van der Waals surface area contributed by atoms with E-state index in [1.165, 1.54) is 0 Å². The van der Waals surface area contributed by atoms with Crippen molar-refractivity contribution in [1.29, 1.82) is 0 Å². The van der Waals surface area contributed by atoms with Gasteiger partial charge in [0.25, 0.3) is 0 Å². The van der Waals surface area contributed by atoms with Crippen molar-refractivity contribution in [2.24, 2.45) is 0 Å². The van der Waals surface area contributed by atoms with Gasteiger partial charge in [-0.15, -0.1) is 0 Å². The van der Waals surface area contributed by atoms with Crippen LogP contribution in [0.2, 0.25) is 5.02 Å². The van der Waals surface area contributed by atoms with Crippen LogP contribution in [-0.2, 0) is 9.47 Å². The molecule has 5 heteroatoms. The quantitative estimate of drug-likeness (QED) is 0.784. The number of anilines is 1. The van der Waals surface area contributed by atoms with Gasteiger partial charge in [-0.2, -0.15) is 0 Å². The van der Waals surface area contributed by atoms with Crippen molar-refractivity contribution in [3.63, 3.8) is 0 Å². The highest BCUT2D eigenvalue weighted by atomic mass is 35.5. The zero-order chi connectivity index (χ0) is 13.1. The first kappa shape index (κ1) is 13.3. The maximum Gasteiger partial charge on any atom is 0.150 e. The van der Waals surface area contributed by atoms with Crippen LogP contribution in [0.4, 0.5) is 5.69 Å². The summed E-state index contributed by atoms with van der Waals surface area (Å²) in [6, 6.07) is 5.29. The molecule has 0 aromatic heterocycles. The highest BCUT2D eigenvalue weighted by Crippen LogP contribution is 2.30. The molecule has 0 saturated carbocycles. The lowest BCUT2D eigenvalue weighted by Crippen LogP contribution is -2.27. The molecule has 1 heterocycles. The van der Waals surface area contributed by atoms with Crippen LogP contribution >= 0.6 is 11.6 Å². The highest BCUT2D eigenvalue weighted by molar-refractivity contribution is 6.33. The van der Waals surface area contributed by atoms with Crippen LogP contribution in [-0.4, -0.2) is 45.8 Å². The predicted molar refractivity (Wildman–Crippen MR) is 70.6 cm³/mol. The first-order valence-electron chi connectivity index (χ1n) is 5.75. The number of nitrogens with zero attached hydrogens (tertiary/aromatic N) is 1. The average Bonchev–Trinajstić information content (AvgIpc) is 2.81. The Labute approximate surface area is 111 Å². The summed E-state index contributed by atoms with van der Waals surface area (Å²) < 4.78 is 10.8. The van der Waals surface area contributed by atoms with E-state index in [0.29, 0.717) is 10.6 Å². The monoisotopic (exact) mass is 269 g/mol. The smallest absolute Gasteiger partial charge is 0.150 e. The highest BCUT2D eigenvalue weighted by Gasteiger charge is 2.33. The van der Waals surface area contributed by atoms with Gasteiger partial charge in [0.05, 0.1) is 10.7 Å². The fourth-order valence-electron chi connectivity index (χ4n) is 2.25. The van der Waals surface area contributed by atoms with Crippen molar-refractivity contribution >= 4 is 23.6 Å². The number of ether oxygens (including phenoxy) is 2. The minimum absolute atomic E-state index is 0.0387. The summed E-state index contributed by atoms with van der Waals surface area (Å²) in [5.41, 5.74) is 1.48. The molecular weight excluding hydrogens is 254 g/mol. The molecule has 0 N–H and O–H groups in total. The Morgan fingerprint density at radius 3 is 2.33 bits per heavy atom. The van der Waals surface area contributed by atoms with Crippen LogP contribution in [0.25, 0.3) is 0 Å². The summed E-state index contributed by atoms with van der Waals surface area (Å²) in [6.45, 7) is 1.46. The second kappa shape index (κ2) is 5.69. The molecule has 0 radical (unpaired) electrons. The summed E-state index contributed by atoms with van der Waals surface area (Å²) in [7, 11) is 3.36. The molecule has 18 heavy (non-hydrogen) atoms. The van der Waals surface area contributed by atoms with E-state index in [-0.39, 0.29) is 12.2 Å². The van der Waals surface area contributed by atoms with E-state index < -0.39 is 0 Å². The molecule has 1 aliphatic heterocycles. The SMILES string of the molecule is COC1CN(c2ccc(C=O)cc2Cl)CC1OC. The van der Waals surface area contributed by atoms with Crippen LogP contribution in [0.5, 0.6) is 0 Å². The van der Waals surface area contributed by atoms with Gasteiger partial charge >= 0.3 is 0 Å². The first-order valence-corrected chi connectivity index (χ1v) is 6.12. The molecule has 2 atom stereocenters. The van der Waals surface area contributed by atoms with E-state index in [1.54, 1.807) is 26.4 Å². The summed E-state index contributed by atoms with van der Waals surface area (Å²) in [5, 5.41) is 0.575. The largest absolute Gasteiger partial charge is 0.377 e. The second-order valence-corrected chi connectivity index (χ2v) is 4.69. The summed E-state index contributed by atoms with van der Waals surface area (Å²) in [5.74, 6) is 0. The Morgan fingerprint density at radius 2 is 1.89 bits per heavy atom. The molecule has 0 spiro atoms. The number of methoxy groups -OCH3 is 2. The van der Waals surface area contributed by atoms with Gasteiger partial charge in [0.15, 0.2) is 0 Å². The van der Waals surface area contributed by atoms with Crippen molar-refractivity contribution in [3.8, 4) is 0 Å². The van der Waals surface area contributed by atoms with E-state index in [2.05, 4.69) is 4.90 Å². The number of hydrogen-bond acceptors (Lipinski definition) is 4. The zero-order valence-electron chi connectivity index (χ0n) is 10.4. The van der Waals surface area contributed by atoms with Crippen molar-refractivity contribution in [3.05, 3.63) is 28.8 Å². The number of hydrogen-bond donors (Lipinski definition) is 0. The van der Waals surface area contributed by atoms with Crippen molar-refractivity contribution in [2.45, 2.75) is 12.2 Å². The van der Waals surface area contributed by atoms with Crippen molar-refractivity contribution in [2.75, 3.05) is 32.2 Å². The number of carbonyl (C=O) groups is 1. The number of carbonyl (C=O) groups excluding carboxylic acids is 1. The number of benzene rings is 1. The molecule has 2 rings (SSSR count). The van der Waals surface area contributed by atoms with Crippen LogP contribution in [0.3, 0.4) is 0 Å². The molecule has 4 nitrogen and oxygen atoms in total. The topological polar surface area (TPSA) is 38.8 Å². The summed E-state index contributed by atoms with van der Waals surface area (Å²) >= 11 is 6.19. The van der Waals surface area contributed by atoms with E-state index in [9.17, 15) is 4.79 Å². The Kier molecular flexibility index (Phi) is 4.22. The number of aldehydes is 1. The predicted octanol–water partition coefficient (Wildman–Crippen LogP) is 2.00. The standard InChI is InChI=1S/C13H16ClNO3/c1-17-12-6-15(7-13(12)18-2)11-4-3-9(8-16)5-10(11)14/h3-5,8,12-13H,6-7H2,1-2H3. The molecule has 1 aromatic rings. The molecule has 0 amide bonds. The van der Waals surface area contributed by atoms with E-state index in [4.69, 9.17) is 21.1 Å². The molecule has 0 bridgehead atoms. The van der Waals surface area contributed by atoms with E-state index >= 15 is 0 Å². The van der Waals surface area contributed by atoms with Gasteiger partial charge in [0.2, 0.25) is 0 Å². The Bertz CT molecular complexity index is 426. The fraction of sp³-hybridized carbons (Fsp3) is 0.462. The molecule has 98 valence electrons. The van der Waals surface area contributed by atoms with Crippen molar-refractivity contribution < 1.29 is 14.3 Å². The number of rotatable bonds is 4. The van der Waals surface area contributed by atoms with Crippen molar-refractivity contribution in [1.82, 2.24) is 0 Å². The van der Waals surface area contributed by atoms with Gasteiger partial charge in [0, 0.05) is 32.9 Å². The minimum Gasteiger partial charge on any atom is -0.377 e. The third-order valence-electron chi connectivity index (χ3n) is 3.27. The lowest BCUT2D eigenvalue weighted by atomic mass is 10.2. The second-order valence-electron chi connectivity index (χ2n) is 4.28. The van der Waals surface area contributed by atoms with Crippen LogP contribution < -0.4 is 4.90 Å². The molecule has 1 saturated heterocycles. The molecule has 1 fully saturated rings. The Morgan fingerprint density at radius 1 is 1.28 bits per heavy atom. The van der Waals surface area contributed by atoms with E-state index in [1.807, 2.05) is 6.07 Å². The summed E-state index contributed by atoms with van der Waals surface area (Å²) in [6.07, 6.45) is 0.865. The lowest BCUT2D eigenvalue weighted by Gasteiger charge is -2.19. The van der Waals surface area contributed by atoms with Crippen LogP contribution in [0, 0.1) is 0 Å². The number of halogens is 1. The van der Waals surface area contributed by atoms with Gasteiger partial charge in [-0.3, -0.25) is 4.79 Å². The van der Waals surface area contributed by atoms with Crippen LogP contribution in [0.1, 0.15) is 10.4 Å². The average molecular weight is 270 g/mol. The van der Waals surface area contributed by atoms with E-state index in [0.717, 1.165) is 25.1 Å². The molecule has 0 aliphatic carbocycles. The van der Waals surface area contributed by atoms with Crippen LogP contribution in [0.15, 0.2) is 18.2 Å². The third-order valence-corrected chi connectivity index (χ3v) is 3.57. The zero-order valence-corrected chi connectivity index (χ0v) is 11.2. The fourth-order valence-corrected chi connectivity index (χ4v) is 2.55. The Hall–Kier alpha value is -1.10. The van der Waals surface area contributed by atoms with Gasteiger partial charge in [0.1, 0.15) is 18.5 Å². The third kappa shape index (κ3) is 2.51. The normalized spacial score (nSPS) is 23.4. The molecular formula is C13H16ClNO3. The van der Waals surface area contributed by atoms with Gasteiger partial charge in [-0.05, 0) is 18.2 Å². The molecule has 2 unspecified atom stereocenters. The lowest BCUT2D eigenvalue weighted by molar-refractivity contribution is -0.00461. The maximum atomic E-state index is 10.7.